The quantitative estimate of drug-likeness (QED) is 0.911. The van der Waals surface area contributed by atoms with Crippen LogP contribution >= 0.6 is 11.3 Å². The van der Waals surface area contributed by atoms with E-state index in [1.54, 1.807) is 5.38 Å². The summed E-state index contributed by atoms with van der Waals surface area (Å²) < 4.78 is 0. The molecule has 0 atom stereocenters. The summed E-state index contributed by atoms with van der Waals surface area (Å²) in [5.74, 6) is -0.246. The van der Waals surface area contributed by atoms with Crippen LogP contribution in [0.4, 0.5) is 11.4 Å². The molecule has 110 valence electrons. The summed E-state index contributed by atoms with van der Waals surface area (Å²) in [6.45, 7) is 2.01. The first kappa shape index (κ1) is 14.0. The highest BCUT2D eigenvalue weighted by molar-refractivity contribution is 7.09. The topological polar surface area (TPSA) is 65.5 Å². The number of thiazole rings is 1. The molecular weight excluding hydrogens is 286 g/mol. The first-order chi connectivity index (χ1) is 10.3. The Bertz CT molecular complexity index is 635. The smallest absolute Gasteiger partial charge is 0.275 e. The fraction of sp³-hybridized carbons (Fsp3) is 0.333. The second-order valence-electron chi connectivity index (χ2n) is 4.98. The van der Waals surface area contributed by atoms with Gasteiger partial charge in [-0.05, 0) is 31.0 Å². The third-order valence-corrected chi connectivity index (χ3v) is 4.33. The van der Waals surface area contributed by atoms with E-state index in [0.29, 0.717) is 10.7 Å². The Kier molecular flexibility index (Phi) is 4.17. The summed E-state index contributed by atoms with van der Waals surface area (Å²) in [5.41, 5.74) is 2.25. The molecule has 2 N–H and O–H groups in total. The van der Waals surface area contributed by atoms with Crippen LogP contribution in [-0.4, -0.2) is 29.1 Å². The zero-order chi connectivity index (χ0) is 14.7. The van der Waals surface area contributed by atoms with Crippen molar-refractivity contribution in [3.8, 4) is 0 Å². The van der Waals surface area contributed by atoms with Crippen molar-refractivity contribution >= 4 is 28.6 Å². The minimum atomic E-state index is -0.246. The van der Waals surface area contributed by atoms with E-state index in [1.165, 1.54) is 24.2 Å². The Morgan fingerprint density at radius 3 is 2.90 bits per heavy atom. The lowest BCUT2D eigenvalue weighted by Gasteiger charge is -2.18. The van der Waals surface area contributed by atoms with Gasteiger partial charge in [0, 0.05) is 29.8 Å². The molecule has 0 bridgehead atoms. The number of benzene rings is 1. The summed E-state index contributed by atoms with van der Waals surface area (Å²) in [6.07, 6.45) is 2.44. The SMILES string of the molecule is O=C(Nc1cccc(N2CCCC2)c1)c1csc(CO)n1. The summed E-state index contributed by atoms with van der Waals surface area (Å²) in [4.78, 5) is 18.5. The zero-order valence-corrected chi connectivity index (χ0v) is 12.4. The number of aliphatic hydroxyl groups is 1. The molecule has 0 radical (unpaired) electrons. The number of nitrogens with one attached hydrogen (secondary N) is 1. The van der Waals surface area contributed by atoms with Gasteiger partial charge in [0.2, 0.25) is 0 Å². The van der Waals surface area contributed by atoms with Gasteiger partial charge in [-0.1, -0.05) is 6.07 Å². The van der Waals surface area contributed by atoms with Gasteiger partial charge in [-0.25, -0.2) is 4.98 Å². The van der Waals surface area contributed by atoms with Crippen molar-refractivity contribution in [3.63, 3.8) is 0 Å². The van der Waals surface area contributed by atoms with Crippen LogP contribution in [0, 0.1) is 0 Å². The highest BCUT2D eigenvalue weighted by atomic mass is 32.1. The Hall–Kier alpha value is -1.92. The maximum atomic E-state index is 12.1. The maximum Gasteiger partial charge on any atom is 0.275 e. The van der Waals surface area contributed by atoms with E-state index in [9.17, 15) is 4.79 Å². The van der Waals surface area contributed by atoms with E-state index in [4.69, 9.17) is 5.11 Å². The van der Waals surface area contributed by atoms with Crippen LogP contribution < -0.4 is 10.2 Å². The molecule has 0 aliphatic carbocycles. The maximum absolute atomic E-state index is 12.1. The normalized spacial score (nSPS) is 14.4. The van der Waals surface area contributed by atoms with E-state index in [-0.39, 0.29) is 12.5 Å². The molecule has 1 aromatic carbocycles. The molecule has 1 aliphatic rings. The van der Waals surface area contributed by atoms with Crippen molar-refractivity contribution < 1.29 is 9.90 Å². The third-order valence-electron chi connectivity index (χ3n) is 3.49. The highest BCUT2D eigenvalue weighted by Gasteiger charge is 2.14. The van der Waals surface area contributed by atoms with Gasteiger partial charge < -0.3 is 15.3 Å². The van der Waals surface area contributed by atoms with Crippen LogP contribution in [0.25, 0.3) is 0 Å². The van der Waals surface area contributed by atoms with Crippen LogP contribution in [0.3, 0.4) is 0 Å². The highest BCUT2D eigenvalue weighted by Crippen LogP contribution is 2.23. The number of carbonyl (C=O) groups is 1. The molecule has 1 fully saturated rings. The third kappa shape index (κ3) is 3.22. The molecular formula is C15H17N3O2S. The molecule has 0 spiro atoms. The van der Waals surface area contributed by atoms with Crippen molar-refractivity contribution in [2.24, 2.45) is 0 Å². The van der Waals surface area contributed by atoms with Crippen molar-refractivity contribution in [1.82, 2.24) is 4.98 Å². The monoisotopic (exact) mass is 303 g/mol. The number of aromatic nitrogens is 1. The number of anilines is 2. The Balaban J connectivity index is 1.72. The zero-order valence-electron chi connectivity index (χ0n) is 11.6. The molecule has 5 nitrogen and oxygen atoms in total. The van der Waals surface area contributed by atoms with Crippen molar-refractivity contribution in [2.45, 2.75) is 19.4 Å². The summed E-state index contributed by atoms with van der Waals surface area (Å²) >= 11 is 1.28. The molecule has 21 heavy (non-hydrogen) atoms. The van der Waals surface area contributed by atoms with Gasteiger partial charge in [0.1, 0.15) is 10.7 Å². The molecule has 0 saturated carbocycles. The van der Waals surface area contributed by atoms with Gasteiger partial charge in [-0.15, -0.1) is 11.3 Å². The van der Waals surface area contributed by atoms with E-state index >= 15 is 0 Å². The van der Waals surface area contributed by atoms with Crippen LogP contribution in [0.5, 0.6) is 0 Å². The molecule has 2 heterocycles. The first-order valence-electron chi connectivity index (χ1n) is 6.98. The number of carbonyl (C=O) groups excluding carboxylic acids is 1. The fourth-order valence-corrected chi connectivity index (χ4v) is 3.07. The lowest BCUT2D eigenvalue weighted by molar-refractivity contribution is 0.102. The minimum absolute atomic E-state index is 0.137. The van der Waals surface area contributed by atoms with Gasteiger partial charge in [-0.3, -0.25) is 4.79 Å². The van der Waals surface area contributed by atoms with Gasteiger partial charge in [0.15, 0.2) is 0 Å². The average molecular weight is 303 g/mol. The Morgan fingerprint density at radius 1 is 1.38 bits per heavy atom. The van der Waals surface area contributed by atoms with Gasteiger partial charge >= 0.3 is 0 Å². The van der Waals surface area contributed by atoms with E-state index < -0.39 is 0 Å². The fourth-order valence-electron chi connectivity index (χ4n) is 2.44. The van der Waals surface area contributed by atoms with Crippen LogP contribution in [0.2, 0.25) is 0 Å². The lowest BCUT2D eigenvalue weighted by atomic mass is 10.2. The molecule has 1 saturated heterocycles. The van der Waals surface area contributed by atoms with Crippen LogP contribution in [-0.2, 0) is 6.61 Å². The number of hydrogen-bond acceptors (Lipinski definition) is 5. The number of aliphatic hydroxyl groups excluding tert-OH is 1. The molecule has 6 heteroatoms. The summed E-state index contributed by atoms with van der Waals surface area (Å²) in [5, 5.41) is 14.1. The minimum Gasteiger partial charge on any atom is -0.389 e. The molecule has 2 aromatic rings. The predicted molar refractivity (Wildman–Crippen MR) is 83.9 cm³/mol. The molecule has 3 rings (SSSR count). The molecule has 1 aromatic heterocycles. The second-order valence-corrected chi connectivity index (χ2v) is 5.93. The standard InChI is InChI=1S/C15H17N3O2S/c19-9-14-17-13(10-21-14)15(20)16-11-4-3-5-12(8-11)18-6-1-2-7-18/h3-5,8,10,19H,1-2,6-7,9H2,(H,16,20). The van der Waals surface area contributed by atoms with Gasteiger partial charge in [-0.2, -0.15) is 0 Å². The van der Waals surface area contributed by atoms with Crippen LogP contribution in [0.15, 0.2) is 29.6 Å². The molecule has 1 amide bonds. The molecule has 1 aliphatic heterocycles. The Labute approximate surface area is 127 Å². The summed E-state index contributed by atoms with van der Waals surface area (Å²) in [7, 11) is 0. The van der Waals surface area contributed by atoms with Crippen LogP contribution in [0.1, 0.15) is 28.3 Å². The number of nitrogens with zero attached hydrogens (tertiary/aromatic N) is 2. The van der Waals surface area contributed by atoms with Gasteiger partial charge in [0.05, 0.1) is 6.61 Å². The van der Waals surface area contributed by atoms with E-state index in [2.05, 4.69) is 21.3 Å². The van der Waals surface area contributed by atoms with Crippen molar-refractivity contribution in [1.29, 1.82) is 0 Å². The number of hydrogen-bond donors (Lipinski definition) is 2. The van der Waals surface area contributed by atoms with E-state index in [1.807, 2.05) is 18.2 Å². The van der Waals surface area contributed by atoms with Crippen molar-refractivity contribution in [2.75, 3.05) is 23.3 Å². The second kappa shape index (κ2) is 6.24. The van der Waals surface area contributed by atoms with Crippen molar-refractivity contribution in [3.05, 3.63) is 40.3 Å². The largest absolute Gasteiger partial charge is 0.389 e. The lowest BCUT2D eigenvalue weighted by Crippen LogP contribution is -2.18. The first-order valence-corrected chi connectivity index (χ1v) is 7.86. The number of amides is 1. The number of rotatable bonds is 4. The average Bonchev–Trinajstić information content (AvgIpc) is 3.19. The predicted octanol–water partition coefficient (Wildman–Crippen LogP) is 2.49. The Morgan fingerprint density at radius 2 is 2.19 bits per heavy atom. The van der Waals surface area contributed by atoms with E-state index in [0.717, 1.165) is 24.5 Å². The van der Waals surface area contributed by atoms with Gasteiger partial charge in [0.25, 0.3) is 5.91 Å². The molecule has 0 unspecified atom stereocenters. The summed E-state index contributed by atoms with van der Waals surface area (Å²) in [6, 6.07) is 7.87.